The summed E-state index contributed by atoms with van der Waals surface area (Å²) in [5.41, 5.74) is 4.62. The van der Waals surface area contributed by atoms with Crippen molar-refractivity contribution in [2.75, 3.05) is 14.1 Å². The maximum absolute atomic E-state index is 12.4. The van der Waals surface area contributed by atoms with Crippen LogP contribution in [0, 0.1) is 0 Å². The van der Waals surface area contributed by atoms with Crippen molar-refractivity contribution in [2.45, 2.75) is 19.3 Å². The largest absolute Gasteiger partial charge is 0.345 e. The summed E-state index contributed by atoms with van der Waals surface area (Å²) in [6.07, 6.45) is 2.90. The van der Waals surface area contributed by atoms with E-state index < -0.39 is 0 Å². The zero-order chi connectivity index (χ0) is 15.7. The molecule has 2 aromatic rings. The maximum Gasteiger partial charge on any atom is 0.257 e. The van der Waals surface area contributed by atoms with Gasteiger partial charge in [0.05, 0.1) is 5.56 Å². The predicted octanol–water partition coefficient (Wildman–Crippen LogP) is 2.90. The highest BCUT2D eigenvalue weighted by molar-refractivity contribution is 5.94. The molecule has 0 saturated heterocycles. The third kappa shape index (κ3) is 2.54. The molecule has 0 N–H and O–H groups in total. The second kappa shape index (κ2) is 5.76. The molecule has 0 radical (unpaired) electrons. The van der Waals surface area contributed by atoms with Gasteiger partial charge in [0.1, 0.15) is 0 Å². The molecule has 0 saturated carbocycles. The summed E-state index contributed by atoms with van der Waals surface area (Å²) in [6.45, 7) is 0. The van der Waals surface area contributed by atoms with Crippen LogP contribution < -0.4 is 5.43 Å². The Balaban J connectivity index is 2.24. The van der Waals surface area contributed by atoms with E-state index in [4.69, 9.17) is 0 Å². The Morgan fingerprint density at radius 1 is 0.955 bits per heavy atom. The summed E-state index contributed by atoms with van der Waals surface area (Å²) < 4.78 is 0. The van der Waals surface area contributed by atoms with Crippen molar-refractivity contribution >= 4 is 5.91 Å². The Bertz CT molecular complexity index is 794. The van der Waals surface area contributed by atoms with Gasteiger partial charge in [-0.05, 0) is 53.6 Å². The lowest BCUT2D eigenvalue weighted by Gasteiger charge is -2.08. The van der Waals surface area contributed by atoms with Gasteiger partial charge in [-0.2, -0.15) is 0 Å². The summed E-state index contributed by atoms with van der Waals surface area (Å²) >= 11 is 0. The van der Waals surface area contributed by atoms with Gasteiger partial charge in [0.2, 0.25) is 0 Å². The highest BCUT2D eigenvalue weighted by Gasteiger charge is 2.16. The number of fused-ring (bicyclic) bond motifs is 3. The zero-order valence-corrected chi connectivity index (χ0v) is 12.9. The molecule has 0 bridgehead atoms. The second-order valence-electron chi connectivity index (χ2n) is 5.90. The first kappa shape index (κ1) is 14.5. The van der Waals surface area contributed by atoms with E-state index in [9.17, 15) is 9.59 Å². The van der Waals surface area contributed by atoms with Crippen molar-refractivity contribution < 1.29 is 4.79 Å². The standard InChI is InChI=1S/C19H19NO2/c1-20(2)19(22)17-11-10-16-14(12-18(17)21)8-5-7-13-6-3-4-9-15(13)16/h3-4,6,9-12H,5,7-8H2,1-2H3. The van der Waals surface area contributed by atoms with Crippen molar-refractivity contribution in [3.05, 3.63) is 69.4 Å². The van der Waals surface area contributed by atoms with Gasteiger partial charge in [0.15, 0.2) is 5.43 Å². The molecule has 0 aliphatic heterocycles. The minimum Gasteiger partial charge on any atom is -0.345 e. The maximum atomic E-state index is 12.4. The molecule has 3 rings (SSSR count). The number of rotatable bonds is 1. The number of hydrogen-bond acceptors (Lipinski definition) is 2. The first-order chi connectivity index (χ1) is 10.6. The normalized spacial score (nSPS) is 12.8. The third-order valence-corrected chi connectivity index (χ3v) is 4.17. The van der Waals surface area contributed by atoms with Crippen LogP contribution in [0.3, 0.4) is 0 Å². The van der Waals surface area contributed by atoms with Crippen molar-refractivity contribution in [2.24, 2.45) is 0 Å². The predicted molar refractivity (Wildman–Crippen MR) is 88.2 cm³/mol. The molecule has 0 fully saturated rings. The van der Waals surface area contributed by atoms with Crippen LogP contribution in [-0.2, 0) is 12.8 Å². The smallest absolute Gasteiger partial charge is 0.257 e. The number of carbonyl (C=O) groups is 1. The third-order valence-electron chi connectivity index (χ3n) is 4.17. The molecule has 3 heteroatoms. The summed E-state index contributed by atoms with van der Waals surface area (Å²) in [5, 5.41) is 0. The van der Waals surface area contributed by atoms with Gasteiger partial charge in [0.25, 0.3) is 5.91 Å². The van der Waals surface area contributed by atoms with Crippen LogP contribution >= 0.6 is 0 Å². The van der Waals surface area contributed by atoms with Crippen LogP contribution in [0.15, 0.2) is 47.3 Å². The van der Waals surface area contributed by atoms with E-state index in [2.05, 4.69) is 12.1 Å². The molecule has 2 aromatic carbocycles. The number of nitrogens with zero attached hydrogens (tertiary/aromatic N) is 1. The minimum atomic E-state index is -0.247. The Hall–Kier alpha value is -2.42. The number of benzene rings is 1. The molecule has 3 nitrogen and oxygen atoms in total. The van der Waals surface area contributed by atoms with Gasteiger partial charge < -0.3 is 4.90 Å². The van der Waals surface area contributed by atoms with E-state index in [0.29, 0.717) is 0 Å². The fourth-order valence-electron chi connectivity index (χ4n) is 3.03. The molecule has 0 heterocycles. The molecule has 112 valence electrons. The van der Waals surface area contributed by atoms with Gasteiger partial charge in [-0.1, -0.05) is 30.3 Å². The van der Waals surface area contributed by atoms with Crippen LogP contribution in [-0.4, -0.2) is 24.9 Å². The molecule has 0 unspecified atom stereocenters. The Morgan fingerprint density at radius 3 is 2.41 bits per heavy atom. The molecular formula is C19H19NO2. The summed E-state index contributed by atoms with van der Waals surface area (Å²) in [4.78, 5) is 26.0. The van der Waals surface area contributed by atoms with Gasteiger partial charge in [-0.25, -0.2) is 0 Å². The molecular weight excluding hydrogens is 274 g/mol. The van der Waals surface area contributed by atoms with Crippen LogP contribution in [0.1, 0.15) is 27.9 Å². The van der Waals surface area contributed by atoms with Gasteiger partial charge in [-0.15, -0.1) is 0 Å². The van der Waals surface area contributed by atoms with Gasteiger partial charge in [0, 0.05) is 14.1 Å². The Labute approximate surface area is 130 Å². The van der Waals surface area contributed by atoms with Crippen molar-refractivity contribution in [1.82, 2.24) is 4.90 Å². The average Bonchev–Trinajstić information content (AvgIpc) is 2.76. The first-order valence-electron chi connectivity index (χ1n) is 7.55. The van der Waals surface area contributed by atoms with E-state index in [1.165, 1.54) is 16.0 Å². The van der Waals surface area contributed by atoms with Crippen LogP contribution in [0.4, 0.5) is 0 Å². The molecule has 1 aliphatic rings. The monoisotopic (exact) mass is 293 g/mol. The number of hydrogen-bond donors (Lipinski definition) is 0. The first-order valence-corrected chi connectivity index (χ1v) is 7.55. The van der Waals surface area contributed by atoms with Crippen molar-refractivity contribution in [3.63, 3.8) is 0 Å². The fourth-order valence-corrected chi connectivity index (χ4v) is 3.03. The lowest BCUT2D eigenvalue weighted by molar-refractivity contribution is 0.0826. The fraction of sp³-hybridized carbons (Fsp3) is 0.263. The van der Waals surface area contributed by atoms with Gasteiger partial charge >= 0.3 is 0 Å². The van der Waals surface area contributed by atoms with Crippen molar-refractivity contribution in [3.8, 4) is 11.1 Å². The minimum absolute atomic E-state index is 0.195. The SMILES string of the molecule is CN(C)C(=O)c1ccc2c(cc1=O)CCCc1ccccc1-2. The number of amides is 1. The molecule has 22 heavy (non-hydrogen) atoms. The number of aryl methyl sites for hydroxylation is 2. The van der Waals surface area contributed by atoms with E-state index in [1.807, 2.05) is 18.2 Å². The van der Waals surface area contributed by atoms with E-state index >= 15 is 0 Å². The molecule has 0 aromatic heterocycles. The quantitative estimate of drug-likeness (QED) is 0.810. The van der Waals surface area contributed by atoms with Crippen molar-refractivity contribution in [1.29, 1.82) is 0 Å². The summed E-state index contributed by atoms with van der Waals surface area (Å²) in [5.74, 6) is -0.247. The topological polar surface area (TPSA) is 37.4 Å². The summed E-state index contributed by atoms with van der Waals surface area (Å²) in [6, 6.07) is 13.5. The molecule has 1 aliphatic carbocycles. The van der Waals surface area contributed by atoms with E-state index in [-0.39, 0.29) is 16.9 Å². The van der Waals surface area contributed by atoms with E-state index in [0.717, 1.165) is 30.4 Å². The lowest BCUT2D eigenvalue weighted by Crippen LogP contribution is -2.26. The van der Waals surface area contributed by atoms with Crippen LogP contribution in [0.2, 0.25) is 0 Å². The van der Waals surface area contributed by atoms with Crippen LogP contribution in [0.25, 0.3) is 11.1 Å². The molecule has 0 spiro atoms. The summed E-state index contributed by atoms with van der Waals surface area (Å²) in [7, 11) is 3.32. The molecule has 0 atom stereocenters. The highest BCUT2D eigenvalue weighted by atomic mass is 16.2. The Kier molecular flexibility index (Phi) is 3.80. The highest BCUT2D eigenvalue weighted by Crippen LogP contribution is 2.31. The number of carbonyl (C=O) groups excluding carboxylic acids is 1. The van der Waals surface area contributed by atoms with Crippen LogP contribution in [0.5, 0.6) is 0 Å². The zero-order valence-electron chi connectivity index (χ0n) is 12.9. The average molecular weight is 293 g/mol. The van der Waals surface area contributed by atoms with E-state index in [1.54, 1.807) is 26.2 Å². The van der Waals surface area contributed by atoms with Gasteiger partial charge in [-0.3, -0.25) is 9.59 Å². The molecule has 1 amide bonds. The Morgan fingerprint density at radius 2 is 1.64 bits per heavy atom. The second-order valence-corrected chi connectivity index (χ2v) is 5.90. The lowest BCUT2D eigenvalue weighted by atomic mass is 9.99.